The van der Waals surface area contributed by atoms with E-state index in [2.05, 4.69) is 24.3 Å². The van der Waals surface area contributed by atoms with Crippen LogP contribution in [0.1, 0.15) is 18.1 Å². The van der Waals surface area contributed by atoms with Crippen molar-refractivity contribution in [3.05, 3.63) is 59.7 Å². The van der Waals surface area contributed by atoms with Crippen molar-refractivity contribution in [3.63, 3.8) is 0 Å². The predicted molar refractivity (Wildman–Crippen MR) is 88.6 cm³/mol. The summed E-state index contributed by atoms with van der Waals surface area (Å²) in [6.45, 7) is 3.89. The summed E-state index contributed by atoms with van der Waals surface area (Å²) in [6.07, 6.45) is -0.635. The monoisotopic (exact) mass is 311 g/mol. The molecule has 1 fully saturated rings. The van der Waals surface area contributed by atoms with Crippen LogP contribution in [-0.2, 0) is 19.8 Å². The van der Waals surface area contributed by atoms with Gasteiger partial charge >= 0.3 is 0 Å². The molecule has 2 unspecified atom stereocenters. The predicted octanol–water partition coefficient (Wildman–Crippen LogP) is 3.30. The van der Waals surface area contributed by atoms with E-state index < -0.39 is 11.7 Å². The topological polar surface area (TPSA) is 38.8 Å². The van der Waals surface area contributed by atoms with Gasteiger partial charge in [-0.1, -0.05) is 42.5 Å². The first-order chi connectivity index (χ1) is 11.0. The lowest BCUT2D eigenvalue weighted by molar-refractivity contribution is -0.220. The fourth-order valence-corrected chi connectivity index (χ4v) is 3.24. The van der Waals surface area contributed by atoms with E-state index >= 15 is 0 Å². The van der Waals surface area contributed by atoms with Gasteiger partial charge < -0.3 is 4.74 Å². The molecule has 0 aliphatic carbocycles. The smallest absolute Gasteiger partial charge is 0.261 e. The second kappa shape index (κ2) is 5.80. The average molecular weight is 311 g/mol. The molecule has 0 saturated carbocycles. The van der Waals surface area contributed by atoms with Crippen LogP contribution in [0.25, 0.3) is 11.1 Å². The van der Waals surface area contributed by atoms with Gasteiger partial charge in [0.25, 0.3) is 5.91 Å². The maximum Gasteiger partial charge on any atom is 0.261 e. The summed E-state index contributed by atoms with van der Waals surface area (Å²) in [7, 11) is 3.18. The molecule has 0 aromatic heterocycles. The van der Waals surface area contributed by atoms with E-state index in [4.69, 9.17) is 9.57 Å². The molecular formula is C19H21NO3. The number of amides is 1. The highest BCUT2D eigenvalue weighted by molar-refractivity contribution is 5.90. The molecular weight excluding hydrogens is 290 g/mol. The summed E-state index contributed by atoms with van der Waals surface area (Å²) in [5.74, 6) is -0.0994. The lowest BCUT2D eigenvalue weighted by Crippen LogP contribution is -2.41. The van der Waals surface area contributed by atoms with Gasteiger partial charge in [0.2, 0.25) is 6.29 Å². The van der Waals surface area contributed by atoms with Gasteiger partial charge in [-0.05, 0) is 42.2 Å². The Morgan fingerprint density at radius 2 is 1.83 bits per heavy atom. The molecule has 4 heteroatoms. The molecule has 2 aromatic rings. The Kier molecular flexibility index (Phi) is 3.96. The Balaban J connectivity index is 2.14. The second-order valence-electron chi connectivity index (χ2n) is 6.07. The van der Waals surface area contributed by atoms with Crippen molar-refractivity contribution in [3.8, 4) is 11.1 Å². The SMILES string of the molecule is COC1ON(C)C(=O)C1(C)c1cc(-c2ccccc2)ccc1C. The number of nitrogens with zero attached hydrogens (tertiary/aromatic N) is 1. The first-order valence-electron chi connectivity index (χ1n) is 7.62. The fraction of sp³-hybridized carbons (Fsp3) is 0.316. The molecule has 120 valence electrons. The summed E-state index contributed by atoms with van der Waals surface area (Å²) in [4.78, 5) is 18.3. The fourth-order valence-electron chi connectivity index (χ4n) is 3.24. The normalized spacial score (nSPS) is 24.3. The number of hydroxylamine groups is 2. The third kappa shape index (κ3) is 2.44. The number of methoxy groups -OCH3 is 1. The van der Waals surface area contributed by atoms with E-state index in [1.54, 1.807) is 14.2 Å². The van der Waals surface area contributed by atoms with Gasteiger partial charge in [-0.25, -0.2) is 9.90 Å². The minimum absolute atomic E-state index is 0.0994. The van der Waals surface area contributed by atoms with Crippen molar-refractivity contribution in [1.29, 1.82) is 0 Å². The molecule has 0 N–H and O–H groups in total. The van der Waals surface area contributed by atoms with Crippen molar-refractivity contribution in [1.82, 2.24) is 5.06 Å². The largest absolute Gasteiger partial charge is 0.352 e. The Morgan fingerprint density at radius 1 is 1.13 bits per heavy atom. The molecule has 1 amide bonds. The van der Waals surface area contributed by atoms with E-state index in [9.17, 15) is 4.79 Å². The highest BCUT2D eigenvalue weighted by Crippen LogP contribution is 2.40. The Bertz CT molecular complexity index is 729. The van der Waals surface area contributed by atoms with Crippen LogP contribution in [0.2, 0.25) is 0 Å². The Morgan fingerprint density at radius 3 is 2.48 bits per heavy atom. The highest BCUT2D eigenvalue weighted by atomic mass is 16.8. The lowest BCUT2D eigenvalue weighted by atomic mass is 9.78. The molecule has 2 atom stereocenters. The summed E-state index contributed by atoms with van der Waals surface area (Å²) in [5.41, 5.74) is 3.30. The van der Waals surface area contributed by atoms with Crippen molar-refractivity contribution in [2.45, 2.75) is 25.6 Å². The van der Waals surface area contributed by atoms with Gasteiger partial charge in [0.1, 0.15) is 5.41 Å². The quantitative estimate of drug-likeness (QED) is 0.873. The van der Waals surface area contributed by atoms with Crippen LogP contribution >= 0.6 is 0 Å². The number of aryl methyl sites for hydroxylation is 1. The molecule has 1 aliphatic heterocycles. The van der Waals surface area contributed by atoms with E-state index in [0.29, 0.717) is 0 Å². The average Bonchev–Trinajstić information content (AvgIpc) is 2.80. The van der Waals surface area contributed by atoms with E-state index in [0.717, 1.165) is 22.3 Å². The zero-order chi connectivity index (χ0) is 16.6. The van der Waals surface area contributed by atoms with Crippen LogP contribution in [-0.4, -0.2) is 31.4 Å². The summed E-state index contributed by atoms with van der Waals surface area (Å²) < 4.78 is 5.44. The van der Waals surface area contributed by atoms with Gasteiger partial charge in [-0.2, -0.15) is 0 Å². The standard InChI is InChI=1S/C19H21NO3/c1-13-10-11-15(14-8-6-5-7-9-14)12-16(13)19(2)17(21)20(3)23-18(19)22-4/h5-12,18H,1-4H3. The van der Waals surface area contributed by atoms with Crippen LogP contribution in [0.5, 0.6) is 0 Å². The van der Waals surface area contributed by atoms with Crippen molar-refractivity contribution in [2.24, 2.45) is 0 Å². The molecule has 0 spiro atoms. The maximum absolute atomic E-state index is 12.7. The molecule has 1 heterocycles. The number of carbonyl (C=O) groups is 1. The Labute approximate surface area is 136 Å². The van der Waals surface area contributed by atoms with Crippen molar-refractivity contribution >= 4 is 5.91 Å². The number of rotatable bonds is 3. The minimum atomic E-state index is -0.863. The zero-order valence-corrected chi connectivity index (χ0v) is 13.9. The van der Waals surface area contributed by atoms with Gasteiger partial charge in [0.05, 0.1) is 0 Å². The van der Waals surface area contributed by atoms with Gasteiger partial charge in [-0.3, -0.25) is 4.79 Å². The molecule has 0 radical (unpaired) electrons. The van der Waals surface area contributed by atoms with E-state index in [-0.39, 0.29) is 5.91 Å². The maximum atomic E-state index is 12.7. The minimum Gasteiger partial charge on any atom is -0.352 e. The summed E-state index contributed by atoms with van der Waals surface area (Å²) >= 11 is 0. The van der Waals surface area contributed by atoms with Crippen molar-refractivity contribution < 1.29 is 14.4 Å². The third-order valence-electron chi connectivity index (χ3n) is 4.57. The first kappa shape index (κ1) is 15.7. The molecule has 1 saturated heterocycles. The van der Waals surface area contributed by atoms with Crippen LogP contribution in [0.4, 0.5) is 0 Å². The van der Waals surface area contributed by atoms with E-state index in [1.807, 2.05) is 38.1 Å². The number of carbonyl (C=O) groups excluding carboxylic acids is 1. The lowest BCUT2D eigenvalue weighted by Gasteiger charge is -2.27. The summed E-state index contributed by atoms with van der Waals surface area (Å²) in [6, 6.07) is 16.3. The molecule has 4 nitrogen and oxygen atoms in total. The Hall–Kier alpha value is -2.17. The molecule has 1 aliphatic rings. The first-order valence-corrected chi connectivity index (χ1v) is 7.62. The second-order valence-corrected chi connectivity index (χ2v) is 6.07. The number of hydrogen-bond donors (Lipinski definition) is 0. The van der Waals surface area contributed by atoms with Crippen LogP contribution in [0.15, 0.2) is 48.5 Å². The molecule has 0 bridgehead atoms. The van der Waals surface area contributed by atoms with Gasteiger partial charge in [-0.15, -0.1) is 0 Å². The van der Waals surface area contributed by atoms with Gasteiger partial charge in [0.15, 0.2) is 0 Å². The zero-order valence-electron chi connectivity index (χ0n) is 13.9. The van der Waals surface area contributed by atoms with E-state index in [1.165, 1.54) is 5.06 Å². The third-order valence-corrected chi connectivity index (χ3v) is 4.57. The number of ether oxygens (including phenoxy) is 1. The van der Waals surface area contributed by atoms with Crippen LogP contribution in [0.3, 0.4) is 0 Å². The molecule has 2 aromatic carbocycles. The number of hydrogen-bond acceptors (Lipinski definition) is 3. The number of benzene rings is 2. The highest BCUT2D eigenvalue weighted by Gasteiger charge is 2.53. The van der Waals surface area contributed by atoms with Crippen molar-refractivity contribution in [2.75, 3.05) is 14.2 Å². The number of likely N-dealkylation sites (N-methyl/N-ethyl adjacent to an activating group) is 1. The van der Waals surface area contributed by atoms with Crippen LogP contribution < -0.4 is 0 Å². The van der Waals surface area contributed by atoms with Crippen LogP contribution in [0, 0.1) is 6.92 Å². The molecule has 3 rings (SSSR count). The van der Waals surface area contributed by atoms with Gasteiger partial charge in [0, 0.05) is 14.2 Å². The summed E-state index contributed by atoms with van der Waals surface area (Å²) in [5, 5.41) is 1.27. The molecule has 23 heavy (non-hydrogen) atoms.